The minimum absolute atomic E-state index is 0.0153. The molecule has 2 heterocycles. The topological polar surface area (TPSA) is 79.3 Å². The van der Waals surface area contributed by atoms with Gasteiger partial charge in [0.25, 0.3) is 0 Å². The predicted octanol–water partition coefficient (Wildman–Crippen LogP) is 1.96. The number of benzene rings is 1. The van der Waals surface area contributed by atoms with Gasteiger partial charge in [-0.05, 0) is 62.8 Å². The summed E-state index contributed by atoms with van der Waals surface area (Å²) in [6.07, 6.45) is 6.02. The second-order valence-corrected chi connectivity index (χ2v) is 8.21. The number of nitrogens with one attached hydrogen (secondary N) is 2. The number of rotatable bonds is 7. The monoisotopic (exact) mass is 397 g/mol. The zero-order chi connectivity index (χ0) is 21.0. The molecule has 3 rings (SSSR count). The molecule has 2 amide bonds. The molecular weight excluding hydrogens is 366 g/mol. The van der Waals surface area contributed by atoms with Gasteiger partial charge in [0.05, 0.1) is 19.3 Å². The third-order valence-corrected chi connectivity index (χ3v) is 5.41. The molecule has 156 valence electrons. The van der Waals surface area contributed by atoms with E-state index in [0.717, 1.165) is 42.7 Å². The summed E-state index contributed by atoms with van der Waals surface area (Å²) >= 11 is 0. The zero-order valence-corrected chi connectivity index (χ0v) is 17.8. The second-order valence-electron chi connectivity index (χ2n) is 8.21. The highest BCUT2D eigenvalue weighted by molar-refractivity contribution is 5.96. The normalized spacial score (nSPS) is 16.8. The van der Waals surface area contributed by atoms with Crippen LogP contribution in [0.5, 0.6) is 0 Å². The fourth-order valence-corrected chi connectivity index (χ4v) is 4.13. The van der Waals surface area contributed by atoms with Gasteiger partial charge in [-0.3, -0.25) is 19.2 Å². The van der Waals surface area contributed by atoms with E-state index in [2.05, 4.69) is 20.6 Å². The van der Waals surface area contributed by atoms with Crippen LogP contribution >= 0.6 is 0 Å². The van der Waals surface area contributed by atoms with Gasteiger partial charge in [-0.2, -0.15) is 5.10 Å². The maximum atomic E-state index is 12.3. The standard InChI is InChI=1S/C22H31N5O2/c1-15-7-16(2)22(17(3)8-15)25-20(28)11-23-21(29)14-27-6-5-18(13-27)9-19-10-24-26(4)12-19/h7-8,10,12,18H,5-6,9,11,13-14H2,1-4H3,(H,23,29)(H,25,28)/t18-/m1/s1. The van der Waals surface area contributed by atoms with Gasteiger partial charge < -0.3 is 10.6 Å². The van der Waals surface area contributed by atoms with E-state index in [9.17, 15) is 9.59 Å². The Bertz CT molecular complexity index is 866. The molecule has 1 aliphatic heterocycles. The fourth-order valence-electron chi connectivity index (χ4n) is 4.13. The number of amides is 2. The highest BCUT2D eigenvalue weighted by Gasteiger charge is 2.24. The lowest BCUT2D eigenvalue weighted by Crippen LogP contribution is -2.39. The molecule has 0 radical (unpaired) electrons. The van der Waals surface area contributed by atoms with E-state index in [0.29, 0.717) is 12.5 Å². The molecule has 0 saturated carbocycles. The van der Waals surface area contributed by atoms with Crippen molar-refractivity contribution < 1.29 is 9.59 Å². The van der Waals surface area contributed by atoms with Crippen LogP contribution in [0.25, 0.3) is 0 Å². The van der Waals surface area contributed by atoms with Crippen LogP contribution in [-0.2, 0) is 23.1 Å². The summed E-state index contributed by atoms with van der Waals surface area (Å²) in [6, 6.07) is 4.08. The highest BCUT2D eigenvalue weighted by Crippen LogP contribution is 2.22. The Balaban J connectivity index is 1.40. The van der Waals surface area contributed by atoms with E-state index in [1.165, 1.54) is 11.1 Å². The van der Waals surface area contributed by atoms with Crippen LogP contribution in [0.2, 0.25) is 0 Å². The predicted molar refractivity (Wildman–Crippen MR) is 114 cm³/mol. The first-order chi connectivity index (χ1) is 13.8. The Kier molecular flexibility index (Phi) is 6.69. The molecule has 1 aliphatic rings. The minimum atomic E-state index is -0.204. The SMILES string of the molecule is Cc1cc(C)c(NC(=O)CNC(=O)CN2CC[C@H](Cc3cnn(C)c3)C2)c(C)c1. The molecule has 0 bridgehead atoms. The molecule has 0 aliphatic carbocycles. The lowest BCUT2D eigenvalue weighted by molar-refractivity contribution is -0.124. The van der Waals surface area contributed by atoms with Crippen molar-refractivity contribution in [1.82, 2.24) is 20.0 Å². The Morgan fingerprint density at radius 1 is 1.17 bits per heavy atom. The molecule has 2 N–H and O–H groups in total. The summed E-state index contributed by atoms with van der Waals surface area (Å²) in [7, 11) is 1.92. The van der Waals surface area contributed by atoms with Gasteiger partial charge in [0.15, 0.2) is 0 Å². The zero-order valence-electron chi connectivity index (χ0n) is 17.8. The summed E-state index contributed by atoms with van der Waals surface area (Å²) < 4.78 is 1.82. The number of nitrogens with zero attached hydrogens (tertiary/aromatic N) is 3. The van der Waals surface area contributed by atoms with Crippen molar-refractivity contribution in [3.05, 3.63) is 46.8 Å². The molecule has 1 saturated heterocycles. The molecule has 1 aromatic carbocycles. The van der Waals surface area contributed by atoms with E-state index in [-0.39, 0.29) is 18.4 Å². The van der Waals surface area contributed by atoms with Crippen molar-refractivity contribution in [3.8, 4) is 0 Å². The van der Waals surface area contributed by atoms with Crippen LogP contribution in [0.1, 0.15) is 28.7 Å². The van der Waals surface area contributed by atoms with Crippen LogP contribution in [0, 0.1) is 26.7 Å². The summed E-state index contributed by atoms with van der Waals surface area (Å²) in [5.74, 6) is 0.228. The van der Waals surface area contributed by atoms with Crippen molar-refractivity contribution in [2.45, 2.75) is 33.6 Å². The molecule has 2 aromatic rings. The molecule has 1 atom stereocenters. The van der Waals surface area contributed by atoms with Crippen LogP contribution in [-0.4, -0.2) is 52.7 Å². The van der Waals surface area contributed by atoms with Gasteiger partial charge in [-0.25, -0.2) is 0 Å². The Labute approximate surface area is 172 Å². The van der Waals surface area contributed by atoms with Gasteiger partial charge in [0.2, 0.25) is 11.8 Å². The first kappa shape index (κ1) is 21.0. The van der Waals surface area contributed by atoms with Crippen LogP contribution in [0.4, 0.5) is 5.69 Å². The maximum absolute atomic E-state index is 12.3. The average molecular weight is 398 g/mol. The van der Waals surface area contributed by atoms with Gasteiger partial charge in [-0.15, -0.1) is 0 Å². The number of carbonyl (C=O) groups excluding carboxylic acids is 2. The summed E-state index contributed by atoms with van der Waals surface area (Å²) in [6.45, 7) is 8.11. The summed E-state index contributed by atoms with van der Waals surface area (Å²) in [5.41, 5.74) is 5.28. The Hall–Kier alpha value is -2.67. The molecular formula is C22H31N5O2. The van der Waals surface area contributed by atoms with Gasteiger partial charge in [0.1, 0.15) is 0 Å². The van der Waals surface area contributed by atoms with Crippen molar-refractivity contribution in [2.75, 3.05) is 31.5 Å². The summed E-state index contributed by atoms with van der Waals surface area (Å²) in [5, 5.41) is 9.87. The maximum Gasteiger partial charge on any atom is 0.243 e. The van der Waals surface area contributed by atoms with E-state index in [1.807, 2.05) is 57.0 Å². The average Bonchev–Trinajstić information content (AvgIpc) is 3.25. The molecule has 7 nitrogen and oxygen atoms in total. The molecule has 1 fully saturated rings. The number of anilines is 1. The minimum Gasteiger partial charge on any atom is -0.346 e. The Morgan fingerprint density at radius 3 is 2.55 bits per heavy atom. The van der Waals surface area contributed by atoms with E-state index >= 15 is 0 Å². The molecule has 0 unspecified atom stereocenters. The summed E-state index contributed by atoms with van der Waals surface area (Å²) in [4.78, 5) is 26.7. The highest BCUT2D eigenvalue weighted by atomic mass is 16.2. The van der Waals surface area contributed by atoms with E-state index in [4.69, 9.17) is 0 Å². The number of hydrogen-bond donors (Lipinski definition) is 2. The molecule has 7 heteroatoms. The smallest absolute Gasteiger partial charge is 0.243 e. The van der Waals surface area contributed by atoms with Gasteiger partial charge >= 0.3 is 0 Å². The van der Waals surface area contributed by atoms with Crippen molar-refractivity contribution in [2.24, 2.45) is 13.0 Å². The molecule has 1 aromatic heterocycles. The van der Waals surface area contributed by atoms with Gasteiger partial charge in [0, 0.05) is 25.5 Å². The van der Waals surface area contributed by atoms with E-state index < -0.39 is 0 Å². The van der Waals surface area contributed by atoms with Gasteiger partial charge in [-0.1, -0.05) is 17.7 Å². The third kappa shape index (κ3) is 5.90. The quantitative estimate of drug-likeness (QED) is 0.749. The van der Waals surface area contributed by atoms with Crippen molar-refractivity contribution in [1.29, 1.82) is 0 Å². The number of carbonyl (C=O) groups is 2. The van der Waals surface area contributed by atoms with Crippen molar-refractivity contribution in [3.63, 3.8) is 0 Å². The fraction of sp³-hybridized carbons (Fsp3) is 0.500. The molecule has 29 heavy (non-hydrogen) atoms. The first-order valence-electron chi connectivity index (χ1n) is 10.1. The lowest BCUT2D eigenvalue weighted by atomic mass is 10.0. The third-order valence-electron chi connectivity index (χ3n) is 5.41. The number of aryl methyl sites for hydroxylation is 4. The Morgan fingerprint density at radius 2 is 1.90 bits per heavy atom. The van der Waals surface area contributed by atoms with E-state index in [1.54, 1.807) is 0 Å². The van der Waals surface area contributed by atoms with Crippen LogP contribution in [0.15, 0.2) is 24.5 Å². The van der Waals surface area contributed by atoms with Crippen LogP contribution in [0.3, 0.4) is 0 Å². The largest absolute Gasteiger partial charge is 0.346 e. The molecule has 0 spiro atoms. The number of likely N-dealkylation sites (tertiary alicyclic amines) is 1. The number of aromatic nitrogens is 2. The number of hydrogen-bond acceptors (Lipinski definition) is 4. The lowest BCUT2D eigenvalue weighted by Gasteiger charge is -2.16. The van der Waals surface area contributed by atoms with Crippen molar-refractivity contribution >= 4 is 17.5 Å². The second kappa shape index (κ2) is 9.22. The first-order valence-corrected chi connectivity index (χ1v) is 10.1. The van der Waals surface area contributed by atoms with Crippen LogP contribution < -0.4 is 10.6 Å².